The Hall–Kier alpha value is -3.33. The van der Waals surface area contributed by atoms with Crippen molar-refractivity contribution in [3.8, 4) is 38.7 Å². The van der Waals surface area contributed by atoms with E-state index in [2.05, 4.69) is 74.3 Å². The monoisotopic (exact) mass is 680 g/mol. The van der Waals surface area contributed by atoms with Gasteiger partial charge in [-0.2, -0.15) is 0 Å². The number of para-hydroxylation sites is 1. The van der Waals surface area contributed by atoms with Crippen molar-refractivity contribution in [2.24, 2.45) is 0 Å². The van der Waals surface area contributed by atoms with Gasteiger partial charge in [-0.05, 0) is 35.2 Å². The number of phenols is 1. The van der Waals surface area contributed by atoms with E-state index in [1.165, 1.54) is 5.56 Å². The largest absolute Gasteiger partial charge is 0.507 e. The molecule has 2 heterocycles. The van der Waals surface area contributed by atoms with E-state index in [1.807, 2.05) is 42.6 Å². The van der Waals surface area contributed by atoms with E-state index in [0.29, 0.717) is 0 Å². The molecule has 0 saturated heterocycles. The molecule has 0 atom stereocenters. The van der Waals surface area contributed by atoms with E-state index < -0.39 is 0 Å². The summed E-state index contributed by atoms with van der Waals surface area (Å²) < 4.78 is 1.09. The molecule has 0 bridgehead atoms. The molecule has 4 aromatic carbocycles. The van der Waals surface area contributed by atoms with Gasteiger partial charge < -0.3 is 5.11 Å². The van der Waals surface area contributed by atoms with Gasteiger partial charge in [-0.1, -0.05) is 97.3 Å². The summed E-state index contributed by atoms with van der Waals surface area (Å²) in [4.78, 5) is 9.68. The summed E-state index contributed by atoms with van der Waals surface area (Å²) in [6.45, 7) is 6.69. The molecule has 0 aliphatic rings. The molecule has 3 nitrogen and oxygen atoms in total. The number of fused-ring (bicyclic) bond motifs is 2. The van der Waals surface area contributed by atoms with Crippen molar-refractivity contribution in [2.45, 2.75) is 26.2 Å². The second kappa shape index (κ2) is 9.85. The third kappa shape index (κ3) is 4.72. The molecule has 0 amide bonds. The Morgan fingerprint density at radius 3 is 2.35 bits per heavy atom. The summed E-state index contributed by atoms with van der Waals surface area (Å²) in [5.41, 5.74) is 6.77. The zero-order chi connectivity index (χ0) is 24.9. The number of benzene rings is 4. The maximum absolute atomic E-state index is 10.5. The SMILES string of the molecule is CC(C)(C)c1cc(-c2[c-]c(-c3ccccn3)c3ccccc3c2)c2nc(-c3ccccc3O)sc2c1.[Pt]. The van der Waals surface area contributed by atoms with Gasteiger partial charge in [0, 0.05) is 37.7 Å². The zero-order valence-electron chi connectivity index (χ0n) is 20.7. The van der Waals surface area contributed by atoms with E-state index in [-0.39, 0.29) is 32.2 Å². The molecule has 1 N–H and O–H groups in total. The van der Waals surface area contributed by atoms with Gasteiger partial charge in [-0.3, -0.25) is 4.98 Å². The zero-order valence-corrected chi connectivity index (χ0v) is 23.8. The van der Waals surface area contributed by atoms with Crippen LogP contribution >= 0.6 is 11.3 Å². The Kier molecular flexibility index (Phi) is 6.74. The predicted octanol–water partition coefficient (Wildman–Crippen LogP) is 8.65. The summed E-state index contributed by atoms with van der Waals surface area (Å²) in [6, 6.07) is 32.1. The molecule has 0 fully saturated rings. The van der Waals surface area contributed by atoms with E-state index in [0.717, 1.165) is 53.9 Å². The van der Waals surface area contributed by atoms with Crippen molar-refractivity contribution in [1.29, 1.82) is 0 Å². The molecule has 0 radical (unpaired) electrons. The molecular weight excluding hydrogens is 656 g/mol. The molecule has 186 valence electrons. The van der Waals surface area contributed by atoms with Gasteiger partial charge in [0.1, 0.15) is 10.8 Å². The van der Waals surface area contributed by atoms with Gasteiger partial charge in [-0.15, -0.1) is 29.0 Å². The first-order valence-corrected chi connectivity index (χ1v) is 12.8. The van der Waals surface area contributed by atoms with Gasteiger partial charge in [-0.25, -0.2) is 4.98 Å². The van der Waals surface area contributed by atoms with E-state index in [4.69, 9.17) is 4.98 Å². The molecular formula is C32H25N2OPtS-. The van der Waals surface area contributed by atoms with Crippen LogP contribution in [0.2, 0.25) is 0 Å². The van der Waals surface area contributed by atoms with Gasteiger partial charge in [0.05, 0.1) is 11.1 Å². The summed E-state index contributed by atoms with van der Waals surface area (Å²) in [5, 5.41) is 13.6. The fourth-order valence-corrected chi connectivity index (χ4v) is 5.61. The second-order valence-electron chi connectivity index (χ2n) is 10.0. The van der Waals surface area contributed by atoms with E-state index >= 15 is 0 Å². The molecule has 2 aromatic heterocycles. The molecule has 5 heteroatoms. The molecule has 6 rings (SSSR count). The van der Waals surface area contributed by atoms with Crippen LogP contribution in [0.4, 0.5) is 0 Å². The number of aromatic nitrogens is 2. The standard InChI is InChI=1S/C32H25N2OS.Pt/c1-32(2,3)22-18-25(30-29(19-22)36-31(34-30)24-12-6-7-14-28(24)35)21-16-20-10-4-5-11-23(20)26(17-21)27-13-8-9-15-33-27;/h4-16,18-19,35H,1-3H3;/q-1;. The third-order valence-corrected chi connectivity index (χ3v) is 7.53. The van der Waals surface area contributed by atoms with Crippen LogP contribution in [0.1, 0.15) is 26.3 Å². The summed E-state index contributed by atoms with van der Waals surface area (Å²) >= 11 is 1.61. The number of rotatable bonds is 3. The van der Waals surface area contributed by atoms with E-state index in [9.17, 15) is 5.11 Å². The Labute approximate surface area is 235 Å². The predicted molar refractivity (Wildman–Crippen MR) is 150 cm³/mol. The normalized spacial score (nSPS) is 11.5. The number of aromatic hydroxyl groups is 1. The van der Waals surface area contributed by atoms with Crippen molar-refractivity contribution in [2.75, 3.05) is 0 Å². The number of pyridine rings is 1. The Morgan fingerprint density at radius 2 is 1.59 bits per heavy atom. The van der Waals surface area contributed by atoms with Gasteiger partial charge in [0.15, 0.2) is 0 Å². The fraction of sp³-hybridized carbons (Fsp3) is 0.125. The minimum absolute atomic E-state index is 0. The van der Waals surface area contributed by atoms with Crippen LogP contribution in [0, 0.1) is 6.07 Å². The van der Waals surface area contributed by atoms with Crippen LogP contribution in [-0.4, -0.2) is 15.1 Å². The summed E-state index contributed by atoms with van der Waals surface area (Å²) in [6.07, 6.45) is 1.82. The number of hydrogen-bond acceptors (Lipinski definition) is 4. The molecule has 0 aliphatic carbocycles. The Balaban J connectivity index is 0.00000280. The maximum Gasteiger partial charge on any atom is 0.127 e. The number of hydrogen-bond donors (Lipinski definition) is 1. The molecule has 0 saturated carbocycles. The number of nitrogens with zero attached hydrogens (tertiary/aromatic N) is 2. The fourth-order valence-electron chi connectivity index (χ4n) is 4.54. The minimum Gasteiger partial charge on any atom is -0.507 e. The van der Waals surface area contributed by atoms with Crippen molar-refractivity contribution < 1.29 is 26.2 Å². The molecule has 0 aliphatic heterocycles. The van der Waals surface area contributed by atoms with E-state index in [1.54, 1.807) is 17.4 Å². The average molecular weight is 681 g/mol. The Bertz CT molecular complexity index is 1740. The number of thiazole rings is 1. The smallest absolute Gasteiger partial charge is 0.127 e. The van der Waals surface area contributed by atoms with Crippen LogP contribution in [0.5, 0.6) is 5.75 Å². The minimum atomic E-state index is -0.0390. The van der Waals surface area contributed by atoms with Crippen molar-refractivity contribution >= 4 is 32.3 Å². The first-order chi connectivity index (χ1) is 17.4. The molecule has 0 spiro atoms. The third-order valence-electron chi connectivity index (χ3n) is 6.50. The van der Waals surface area contributed by atoms with Crippen LogP contribution in [-0.2, 0) is 26.5 Å². The topological polar surface area (TPSA) is 46.0 Å². The van der Waals surface area contributed by atoms with Crippen molar-refractivity contribution in [1.82, 2.24) is 9.97 Å². The van der Waals surface area contributed by atoms with Gasteiger partial charge in [0.25, 0.3) is 0 Å². The van der Waals surface area contributed by atoms with Crippen LogP contribution in [0.25, 0.3) is 53.9 Å². The Morgan fingerprint density at radius 1 is 0.838 bits per heavy atom. The van der Waals surface area contributed by atoms with Crippen molar-refractivity contribution in [3.63, 3.8) is 0 Å². The van der Waals surface area contributed by atoms with Crippen LogP contribution in [0.15, 0.2) is 91.1 Å². The van der Waals surface area contributed by atoms with Gasteiger partial charge >= 0.3 is 0 Å². The molecule has 6 aromatic rings. The first kappa shape index (κ1) is 25.3. The van der Waals surface area contributed by atoms with Gasteiger partial charge in [0.2, 0.25) is 0 Å². The van der Waals surface area contributed by atoms with Crippen molar-refractivity contribution in [3.05, 3.63) is 103 Å². The summed E-state index contributed by atoms with van der Waals surface area (Å²) in [7, 11) is 0. The molecule has 37 heavy (non-hydrogen) atoms. The second-order valence-corrected chi connectivity index (χ2v) is 11.0. The summed E-state index contributed by atoms with van der Waals surface area (Å²) in [5.74, 6) is 0.240. The quantitative estimate of drug-likeness (QED) is 0.191. The van der Waals surface area contributed by atoms with Crippen LogP contribution in [0.3, 0.4) is 0 Å². The maximum atomic E-state index is 10.5. The first-order valence-electron chi connectivity index (χ1n) is 12.0. The average Bonchev–Trinajstić information content (AvgIpc) is 3.32. The number of phenolic OH excluding ortho intramolecular Hbond substituents is 1. The van der Waals surface area contributed by atoms with Crippen LogP contribution < -0.4 is 0 Å². The molecule has 0 unspecified atom stereocenters.